The molecule has 0 aromatic carbocycles. The molecule has 0 radical (unpaired) electrons. The van der Waals surface area contributed by atoms with Crippen molar-refractivity contribution in [2.75, 3.05) is 0 Å². The number of nitriles is 1. The van der Waals surface area contributed by atoms with Gasteiger partial charge in [0, 0.05) is 6.07 Å². The summed E-state index contributed by atoms with van der Waals surface area (Å²) in [6.07, 6.45) is 0. The van der Waals surface area contributed by atoms with Crippen molar-refractivity contribution in [3.05, 3.63) is 27.5 Å². The van der Waals surface area contributed by atoms with Gasteiger partial charge in [0.05, 0.1) is 0 Å². The van der Waals surface area contributed by atoms with Crippen LogP contribution in [0.15, 0.2) is 10.9 Å². The number of aromatic hydroxyl groups is 1. The second-order valence-electron chi connectivity index (χ2n) is 2.54. The van der Waals surface area contributed by atoms with Gasteiger partial charge in [-0.05, 0) is 12.5 Å². The third kappa shape index (κ3) is 1.23. The number of aromatic nitrogens is 1. The molecular weight excluding hydrogens is 171 g/mol. The molecule has 0 spiro atoms. The van der Waals surface area contributed by atoms with Gasteiger partial charge in [0.1, 0.15) is 11.6 Å². The number of aryl methyl sites for hydroxylation is 1. The lowest BCUT2D eigenvalue weighted by atomic mass is 10.2. The molecule has 1 rings (SSSR count). The Bertz CT molecular complexity index is 417. The highest BCUT2D eigenvalue weighted by molar-refractivity contribution is 6.07. The summed E-state index contributed by atoms with van der Waals surface area (Å²) >= 11 is 0.383. The van der Waals surface area contributed by atoms with Crippen LogP contribution in [0.2, 0.25) is 0 Å². The van der Waals surface area contributed by atoms with Crippen LogP contribution in [0.3, 0.4) is 0 Å². The molecule has 1 aromatic heterocycles. The number of rotatable bonds is 0. The Morgan fingerprint density at radius 2 is 2.33 bits per heavy atom. The minimum atomic E-state index is -0.254. The first-order valence-corrected chi connectivity index (χ1v) is 4.27. The minimum absolute atomic E-state index is 0.185. The quantitative estimate of drug-likeness (QED) is 0.525. The average Bonchev–Trinajstić information content (AvgIpc) is 2.01. The van der Waals surface area contributed by atoms with E-state index in [1.54, 1.807) is 6.92 Å². The van der Waals surface area contributed by atoms with Gasteiger partial charge >= 0.3 is 16.5 Å². The van der Waals surface area contributed by atoms with Crippen LogP contribution < -0.4 is 5.56 Å². The van der Waals surface area contributed by atoms with Crippen molar-refractivity contribution in [3.63, 3.8) is 0 Å². The molecule has 0 unspecified atom stereocenters. The maximum absolute atomic E-state index is 11.1. The molecule has 5 heteroatoms. The van der Waals surface area contributed by atoms with Crippen LogP contribution in [-0.2, 0) is 0 Å². The van der Waals surface area contributed by atoms with Crippen molar-refractivity contribution in [3.8, 4) is 11.9 Å². The van der Waals surface area contributed by atoms with Gasteiger partial charge in [0.25, 0.3) is 0 Å². The average molecular weight is 178 g/mol. The SMILES string of the molecule is Cc1cc(=O)[n]([AlH2])c(O)c1C#N. The maximum atomic E-state index is 11.1. The summed E-state index contributed by atoms with van der Waals surface area (Å²) in [5.74, 6) is -0.214. The Morgan fingerprint density at radius 3 is 2.83 bits per heavy atom. The van der Waals surface area contributed by atoms with Crippen LogP contribution in [-0.4, -0.2) is 25.2 Å². The van der Waals surface area contributed by atoms with Crippen molar-refractivity contribution in [1.82, 2.24) is 3.55 Å². The third-order valence-electron chi connectivity index (χ3n) is 1.72. The zero-order valence-corrected chi connectivity index (χ0v) is 8.83. The van der Waals surface area contributed by atoms with E-state index in [4.69, 9.17) is 5.26 Å². The zero-order chi connectivity index (χ0) is 9.30. The smallest absolute Gasteiger partial charge is 0.380 e. The fourth-order valence-electron chi connectivity index (χ4n) is 0.941. The second kappa shape index (κ2) is 3.02. The Kier molecular flexibility index (Phi) is 2.23. The monoisotopic (exact) mass is 178 g/mol. The van der Waals surface area contributed by atoms with E-state index in [9.17, 15) is 9.90 Å². The highest BCUT2D eigenvalue weighted by Gasteiger charge is 2.07. The second-order valence-corrected chi connectivity index (χ2v) is 3.43. The molecule has 4 nitrogen and oxygen atoms in total. The molecule has 0 aliphatic rings. The summed E-state index contributed by atoms with van der Waals surface area (Å²) < 4.78 is 1.17. The van der Waals surface area contributed by atoms with Gasteiger partial charge in [-0.15, -0.1) is 0 Å². The summed E-state index contributed by atoms with van der Waals surface area (Å²) in [6, 6.07) is 3.20. The molecule has 0 fully saturated rings. The predicted octanol–water partition coefficient (Wildman–Crippen LogP) is -0.870. The van der Waals surface area contributed by atoms with E-state index >= 15 is 0 Å². The molecule has 1 aromatic rings. The standard InChI is InChI=1S/C7H6N2O2.Al.2H/c1-4-2-6(10)9-7(11)5(4)3-8;;;/h2H,1H3,(H2,9,10,11);;;/q;+1;;/p-1. The van der Waals surface area contributed by atoms with E-state index < -0.39 is 0 Å². The first-order valence-electron chi connectivity index (χ1n) is 3.37. The van der Waals surface area contributed by atoms with E-state index in [0.717, 1.165) is 0 Å². The van der Waals surface area contributed by atoms with Crippen molar-refractivity contribution >= 4 is 16.5 Å². The molecule has 0 aliphatic heterocycles. The fraction of sp³-hybridized carbons (Fsp3) is 0.143. The minimum Gasteiger partial charge on any atom is -0.495 e. The van der Waals surface area contributed by atoms with Crippen LogP contribution in [0.1, 0.15) is 11.1 Å². The van der Waals surface area contributed by atoms with Crippen molar-refractivity contribution in [2.24, 2.45) is 0 Å². The first-order chi connectivity index (χ1) is 5.57. The highest BCUT2D eigenvalue weighted by Crippen LogP contribution is 2.14. The zero-order valence-electron chi connectivity index (χ0n) is 6.83. The van der Waals surface area contributed by atoms with Gasteiger partial charge in [-0.25, -0.2) is 0 Å². The van der Waals surface area contributed by atoms with Gasteiger partial charge in [-0.1, -0.05) is 0 Å². The van der Waals surface area contributed by atoms with Gasteiger partial charge in [-0.3, -0.25) is 4.79 Å². The summed E-state index contributed by atoms with van der Waals surface area (Å²) in [5.41, 5.74) is 0.451. The molecule has 0 amide bonds. The Labute approximate surface area is 77.3 Å². The molecule has 0 saturated heterocycles. The molecule has 60 valence electrons. The van der Waals surface area contributed by atoms with E-state index in [1.165, 1.54) is 9.62 Å². The van der Waals surface area contributed by atoms with Crippen LogP contribution in [0, 0.1) is 18.3 Å². The van der Waals surface area contributed by atoms with Gasteiger partial charge in [-0.2, -0.15) is 5.26 Å². The lowest BCUT2D eigenvalue weighted by molar-refractivity contribution is 0.441. The largest absolute Gasteiger partial charge is 0.495 e. The summed E-state index contributed by atoms with van der Waals surface area (Å²) in [5, 5.41) is 17.9. The van der Waals surface area contributed by atoms with Gasteiger partial charge < -0.3 is 8.66 Å². The summed E-state index contributed by atoms with van der Waals surface area (Å²) in [7, 11) is 0. The fourth-order valence-corrected chi connectivity index (χ4v) is 1.29. The molecule has 0 aliphatic carbocycles. The van der Waals surface area contributed by atoms with E-state index in [2.05, 4.69) is 0 Å². The molecule has 0 bridgehead atoms. The topological polar surface area (TPSA) is 66.0 Å². The Hall–Kier alpha value is -1.23. The Morgan fingerprint density at radius 1 is 1.75 bits per heavy atom. The van der Waals surface area contributed by atoms with Crippen molar-refractivity contribution in [1.29, 1.82) is 5.26 Å². The summed E-state index contributed by atoms with van der Waals surface area (Å²) in [4.78, 5) is 11.1. The third-order valence-corrected chi connectivity index (χ3v) is 2.58. The van der Waals surface area contributed by atoms with E-state index in [1.807, 2.05) is 6.07 Å². The van der Waals surface area contributed by atoms with Crippen LogP contribution >= 0.6 is 0 Å². The number of pyridine rings is 1. The molecule has 12 heavy (non-hydrogen) atoms. The van der Waals surface area contributed by atoms with Crippen LogP contribution in [0.25, 0.3) is 0 Å². The maximum Gasteiger partial charge on any atom is 0.380 e. The van der Waals surface area contributed by atoms with Crippen LogP contribution in [0.4, 0.5) is 0 Å². The highest BCUT2D eigenvalue weighted by atomic mass is 27.1. The normalized spacial score (nSPS) is 9.33. The molecule has 0 saturated carbocycles. The number of hydrogen-bond donors (Lipinski definition) is 1. The summed E-state index contributed by atoms with van der Waals surface area (Å²) in [6.45, 7) is 1.63. The van der Waals surface area contributed by atoms with Crippen molar-refractivity contribution in [2.45, 2.75) is 6.92 Å². The molecule has 1 heterocycles. The first kappa shape index (κ1) is 8.87. The van der Waals surface area contributed by atoms with Crippen molar-refractivity contribution < 1.29 is 5.11 Å². The van der Waals surface area contributed by atoms with Crippen LogP contribution in [0.5, 0.6) is 5.88 Å². The lowest BCUT2D eigenvalue weighted by Gasteiger charge is -2.05. The molecule has 0 atom stereocenters. The number of hydrogen-bond acceptors (Lipinski definition) is 3. The predicted molar refractivity (Wildman–Crippen MR) is 45.8 cm³/mol. The van der Waals surface area contributed by atoms with E-state index in [0.29, 0.717) is 22.1 Å². The Balaban J connectivity index is 3.66. The van der Waals surface area contributed by atoms with E-state index in [-0.39, 0.29) is 17.0 Å². The molecular formula is C7H7AlN2O2. The van der Waals surface area contributed by atoms with Gasteiger partial charge in [0.2, 0.25) is 5.56 Å². The number of nitrogens with zero attached hydrogens (tertiary/aromatic N) is 2. The molecule has 1 N–H and O–H groups in total. The lowest BCUT2D eigenvalue weighted by Crippen LogP contribution is -2.18. The van der Waals surface area contributed by atoms with Gasteiger partial charge in [0.15, 0.2) is 5.88 Å².